The van der Waals surface area contributed by atoms with Gasteiger partial charge in [0.05, 0.1) is 5.56 Å². The second kappa shape index (κ2) is 7.70. The molecule has 0 aliphatic carbocycles. The number of nitrogens with one attached hydrogen (secondary N) is 1. The minimum absolute atomic E-state index is 0.0402. The summed E-state index contributed by atoms with van der Waals surface area (Å²) in [6.07, 6.45) is -4.50. The molecule has 2 aromatic carbocycles. The first-order chi connectivity index (χ1) is 13.6. The smallest absolute Gasteiger partial charge is 0.366 e. The summed E-state index contributed by atoms with van der Waals surface area (Å²) in [7, 11) is 0. The summed E-state index contributed by atoms with van der Waals surface area (Å²) in [5, 5.41) is 14.1. The van der Waals surface area contributed by atoms with Crippen molar-refractivity contribution in [2.45, 2.75) is 19.1 Å². The third-order valence-corrected chi connectivity index (χ3v) is 4.04. The number of alkyl halides is 3. The number of hydrogen-bond acceptors (Lipinski definition) is 5. The van der Waals surface area contributed by atoms with E-state index in [9.17, 15) is 22.8 Å². The lowest BCUT2D eigenvalue weighted by Crippen LogP contribution is -2.25. The van der Waals surface area contributed by atoms with Crippen LogP contribution < -0.4 is 11.1 Å². The van der Waals surface area contributed by atoms with Gasteiger partial charge in [0.15, 0.2) is 0 Å². The molecule has 1 heterocycles. The predicted octanol–water partition coefficient (Wildman–Crippen LogP) is 2.66. The molecule has 0 aliphatic heterocycles. The Hall–Kier alpha value is -3.76. The van der Waals surface area contributed by atoms with Gasteiger partial charge in [0.2, 0.25) is 11.7 Å². The number of rotatable bonds is 5. The molecule has 2 amide bonds. The number of carbonyl (C=O) groups excluding carboxylic acids is 2. The monoisotopic (exact) mass is 404 g/mol. The predicted molar refractivity (Wildman–Crippen MR) is 96.6 cm³/mol. The van der Waals surface area contributed by atoms with Gasteiger partial charge in [-0.05, 0) is 48.5 Å². The number of nitrogens with zero attached hydrogens (tertiary/aromatic N) is 4. The number of hydrogen-bond donors (Lipinski definition) is 2. The molecule has 0 radical (unpaired) electrons. The highest BCUT2D eigenvalue weighted by atomic mass is 19.4. The zero-order valence-corrected chi connectivity index (χ0v) is 15.0. The first-order valence-electron chi connectivity index (χ1n) is 8.33. The summed E-state index contributed by atoms with van der Waals surface area (Å²) >= 11 is 0. The Bertz CT molecular complexity index is 1050. The van der Waals surface area contributed by atoms with Crippen LogP contribution in [0.3, 0.4) is 0 Å². The lowest BCUT2D eigenvalue weighted by Gasteiger charge is -2.11. The van der Waals surface area contributed by atoms with E-state index in [0.29, 0.717) is 11.3 Å². The second-order valence-electron chi connectivity index (χ2n) is 6.12. The Morgan fingerprint density at radius 3 is 2.45 bits per heavy atom. The van der Waals surface area contributed by atoms with Crippen LogP contribution in [0.2, 0.25) is 0 Å². The summed E-state index contributed by atoms with van der Waals surface area (Å²) in [5.74, 6) is -1.11. The maximum atomic E-state index is 12.9. The van der Waals surface area contributed by atoms with Gasteiger partial charge < -0.3 is 11.1 Å². The van der Waals surface area contributed by atoms with Crippen LogP contribution in [0, 0.1) is 0 Å². The van der Waals surface area contributed by atoms with E-state index in [2.05, 4.69) is 20.7 Å². The Labute approximate surface area is 162 Å². The van der Waals surface area contributed by atoms with Crippen molar-refractivity contribution in [1.29, 1.82) is 0 Å². The molecule has 0 aliphatic rings. The Balaban J connectivity index is 1.74. The van der Waals surface area contributed by atoms with E-state index >= 15 is 0 Å². The molecule has 11 heteroatoms. The van der Waals surface area contributed by atoms with Crippen LogP contribution >= 0.6 is 0 Å². The molecular weight excluding hydrogens is 389 g/mol. The Kier molecular flexibility index (Phi) is 5.31. The van der Waals surface area contributed by atoms with Gasteiger partial charge in [0.25, 0.3) is 5.91 Å². The SMILES string of the molecule is CC(C(=O)Nc1ccc(C(N)=O)cc1)n1nnc(-c2cccc(C(F)(F)F)c2)n1. The summed E-state index contributed by atoms with van der Waals surface area (Å²) in [6, 6.07) is 9.55. The number of carbonyl (C=O) groups is 2. The molecule has 0 fully saturated rings. The number of primary amides is 1. The van der Waals surface area contributed by atoms with Gasteiger partial charge in [-0.1, -0.05) is 12.1 Å². The summed E-state index contributed by atoms with van der Waals surface area (Å²) in [4.78, 5) is 24.5. The van der Waals surface area contributed by atoms with Crippen molar-refractivity contribution in [2.24, 2.45) is 5.73 Å². The Morgan fingerprint density at radius 2 is 1.83 bits per heavy atom. The van der Waals surface area contributed by atoms with E-state index in [1.165, 1.54) is 43.3 Å². The third kappa shape index (κ3) is 4.57. The number of nitrogens with two attached hydrogens (primary N) is 1. The average molecular weight is 404 g/mol. The number of anilines is 1. The van der Waals surface area contributed by atoms with Crippen molar-refractivity contribution >= 4 is 17.5 Å². The average Bonchev–Trinajstić information content (AvgIpc) is 3.17. The van der Waals surface area contributed by atoms with Crippen molar-refractivity contribution in [1.82, 2.24) is 20.2 Å². The van der Waals surface area contributed by atoms with E-state index in [-0.39, 0.29) is 11.4 Å². The minimum atomic E-state index is -4.50. The maximum absolute atomic E-state index is 12.9. The molecule has 29 heavy (non-hydrogen) atoms. The van der Waals surface area contributed by atoms with Crippen molar-refractivity contribution in [2.75, 3.05) is 5.32 Å². The highest BCUT2D eigenvalue weighted by Gasteiger charge is 2.31. The quantitative estimate of drug-likeness (QED) is 0.678. The topological polar surface area (TPSA) is 116 Å². The molecule has 1 unspecified atom stereocenters. The molecule has 150 valence electrons. The van der Waals surface area contributed by atoms with Crippen LogP contribution in [0.25, 0.3) is 11.4 Å². The molecule has 0 bridgehead atoms. The third-order valence-electron chi connectivity index (χ3n) is 4.04. The molecule has 3 N–H and O–H groups in total. The number of tetrazole rings is 1. The maximum Gasteiger partial charge on any atom is 0.416 e. The van der Waals surface area contributed by atoms with E-state index in [1.807, 2.05) is 0 Å². The molecule has 1 atom stereocenters. The zero-order chi connectivity index (χ0) is 21.2. The van der Waals surface area contributed by atoms with E-state index < -0.39 is 29.6 Å². The molecule has 8 nitrogen and oxygen atoms in total. The van der Waals surface area contributed by atoms with Crippen molar-refractivity contribution < 1.29 is 22.8 Å². The number of halogens is 3. The van der Waals surface area contributed by atoms with Gasteiger partial charge in [0.1, 0.15) is 6.04 Å². The highest BCUT2D eigenvalue weighted by molar-refractivity contribution is 5.95. The van der Waals surface area contributed by atoms with Crippen LogP contribution in [-0.4, -0.2) is 32.0 Å². The lowest BCUT2D eigenvalue weighted by atomic mass is 10.1. The van der Waals surface area contributed by atoms with Crippen molar-refractivity contribution in [3.05, 3.63) is 59.7 Å². The first-order valence-corrected chi connectivity index (χ1v) is 8.33. The van der Waals surface area contributed by atoms with Gasteiger partial charge in [-0.15, -0.1) is 10.2 Å². The number of benzene rings is 2. The molecule has 0 saturated carbocycles. The highest BCUT2D eigenvalue weighted by Crippen LogP contribution is 2.31. The normalized spacial score (nSPS) is 12.4. The molecule has 3 rings (SSSR count). The summed E-state index contributed by atoms with van der Waals surface area (Å²) in [5.41, 5.74) is 5.16. The van der Waals surface area contributed by atoms with E-state index in [1.54, 1.807) is 0 Å². The molecule has 0 spiro atoms. The van der Waals surface area contributed by atoms with Gasteiger partial charge in [0, 0.05) is 16.8 Å². The van der Waals surface area contributed by atoms with Crippen molar-refractivity contribution in [3.63, 3.8) is 0 Å². The molecule has 0 saturated heterocycles. The molecule has 3 aromatic rings. The number of aromatic nitrogens is 4. The largest absolute Gasteiger partial charge is 0.416 e. The van der Waals surface area contributed by atoms with E-state index in [0.717, 1.165) is 16.9 Å². The van der Waals surface area contributed by atoms with Gasteiger partial charge in [-0.3, -0.25) is 9.59 Å². The van der Waals surface area contributed by atoms with Crippen molar-refractivity contribution in [3.8, 4) is 11.4 Å². The fraction of sp³-hybridized carbons (Fsp3) is 0.167. The van der Waals surface area contributed by atoms with Crippen LogP contribution in [0.1, 0.15) is 28.9 Å². The lowest BCUT2D eigenvalue weighted by molar-refractivity contribution is -0.137. The van der Waals surface area contributed by atoms with Crippen LogP contribution in [0.5, 0.6) is 0 Å². The molecule has 1 aromatic heterocycles. The van der Waals surface area contributed by atoms with E-state index in [4.69, 9.17) is 5.73 Å². The van der Waals surface area contributed by atoms with Crippen LogP contribution in [-0.2, 0) is 11.0 Å². The summed E-state index contributed by atoms with van der Waals surface area (Å²) < 4.78 is 38.6. The first kappa shape index (κ1) is 20.0. The Morgan fingerprint density at radius 1 is 1.14 bits per heavy atom. The van der Waals surface area contributed by atoms with Gasteiger partial charge in [-0.25, -0.2) is 0 Å². The second-order valence-corrected chi connectivity index (χ2v) is 6.12. The minimum Gasteiger partial charge on any atom is -0.366 e. The zero-order valence-electron chi connectivity index (χ0n) is 15.0. The van der Waals surface area contributed by atoms with Gasteiger partial charge in [-0.2, -0.15) is 18.0 Å². The standard InChI is InChI=1S/C18H15F3N6O2/c1-10(17(29)23-14-7-5-11(6-8-14)15(22)28)27-25-16(24-26-27)12-3-2-4-13(9-12)18(19,20)21/h2-10H,1H3,(H2,22,28)(H,23,29). The van der Waals surface area contributed by atoms with Crippen LogP contribution in [0.15, 0.2) is 48.5 Å². The van der Waals surface area contributed by atoms with Gasteiger partial charge >= 0.3 is 6.18 Å². The fourth-order valence-electron chi connectivity index (χ4n) is 2.41. The number of amides is 2. The molecular formula is C18H15F3N6O2. The van der Waals surface area contributed by atoms with Crippen LogP contribution in [0.4, 0.5) is 18.9 Å². The summed E-state index contributed by atoms with van der Waals surface area (Å²) in [6.45, 7) is 1.50. The fourth-order valence-corrected chi connectivity index (χ4v) is 2.41.